The predicted molar refractivity (Wildman–Crippen MR) is 144 cm³/mol. The Labute approximate surface area is 218 Å². The van der Waals surface area contributed by atoms with E-state index in [1.807, 2.05) is 28.8 Å². The smallest absolute Gasteiger partial charge is 0.326 e. The summed E-state index contributed by atoms with van der Waals surface area (Å²) >= 11 is 0. The normalized spacial score (nSPS) is 37.8. The fourth-order valence-electron chi connectivity index (χ4n) is 9.18. The molecule has 5 fully saturated rings. The Bertz CT molecular complexity index is 1230. The van der Waals surface area contributed by atoms with Gasteiger partial charge in [-0.05, 0) is 94.1 Å². The van der Waals surface area contributed by atoms with E-state index >= 15 is 0 Å². The first kappa shape index (κ1) is 23.7. The van der Waals surface area contributed by atoms with Gasteiger partial charge < -0.3 is 14.6 Å². The van der Waals surface area contributed by atoms with Crippen molar-refractivity contribution in [2.75, 3.05) is 11.4 Å². The summed E-state index contributed by atoms with van der Waals surface area (Å²) in [5.41, 5.74) is 1.57. The highest BCUT2D eigenvalue weighted by molar-refractivity contribution is 5.81. The van der Waals surface area contributed by atoms with Crippen LogP contribution in [0.15, 0.2) is 29.1 Å². The van der Waals surface area contributed by atoms with Gasteiger partial charge in [-0.15, -0.1) is 0 Å². The van der Waals surface area contributed by atoms with Crippen LogP contribution in [0.4, 0.5) is 5.82 Å². The number of aliphatic carboxylic acids is 1. The van der Waals surface area contributed by atoms with Crippen LogP contribution in [-0.4, -0.2) is 56.2 Å². The number of fused-ring (bicyclic) bond motifs is 5. The van der Waals surface area contributed by atoms with Crippen LogP contribution in [0.2, 0.25) is 0 Å². The van der Waals surface area contributed by atoms with Crippen LogP contribution in [0.25, 0.3) is 11.0 Å². The van der Waals surface area contributed by atoms with Crippen molar-refractivity contribution in [1.82, 2.24) is 14.5 Å². The van der Waals surface area contributed by atoms with E-state index in [1.165, 1.54) is 51.4 Å². The number of anilines is 1. The minimum absolute atomic E-state index is 0.109. The van der Waals surface area contributed by atoms with Crippen molar-refractivity contribution < 1.29 is 9.90 Å². The molecule has 3 aliphatic heterocycles. The van der Waals surface area contributed by atoms with Crippen molar-refractivity contribution in [3.63, 3.8) is 0 Å². The van der Waals surface area contributed by atoms with Crippen LogP contribution in [0, 0.1) is 17.8 Å². The standard InChI is InChI=1S/C30H40N4O3/c1-18-11-19-13-20(12-18)15-23(14-19)33-21-5-4-6-22(33)17-24(16-21)34-26-8-3-2-7-25(26)31-28(29(34)35)32-10-9-27(32)30(36)37/h2-3,7-8,18-24,27H,4-6,9-17H2,1H3,(H,36,37)/t18?,19-,20+,21-,22+,23?,24?,27-/m0/s1. The molecule has 1 aromatic heterocycles. The molecule has 0 amide bonds. The SMILES string of the molecule is CC1C[C@@H]2CC(N3[C@@H]4CCC[C@H]3CC(n3c(=O)c(N5CC[C@H]5C(=O)O)nc5ccccc53)C4)C[C@H](C1)C2. The van der Waals surface area contributed by atoms with E-state index in [0.29, 0.717) is 36.9 Å². The lowest BCUT2D eigenvalue weighted by molar-refractivity contribution is -0.140. The molecule has 1 N–H and O–H groups in total. The highest BCUT2D eigenvalue weighted by Gasteiger charge is 2.46. The zero-order valence-electron chi connectivity index (χ0n) is 22.0. The molecule has 2 saturated carbocycles. The third kappa shape index (κ3) is 4.00. The molecule has 1 aromatic carbocycles. The van der Waals surface area contributed by atoms with E-state index in [4.69, 9.17) is 4.98 Å². The van der Waals surface area contributed by atoms with Crippen molar-refractivity contribution in [2.45, 2.75) is 108 Å². The zero-order valence-corrected chi connectivity index (χ0v) is 22.0. The minimum atomic E-state index is -0.873. The zero-order chi connectivity index (χ0) is 25.3. The average Bonchev–Trinajstić information content (AvgIpc) is 2.82. The second-order valence-corrected chi connectivity index (χ2v) is 12.9. The van der Waals surface area contributed by atoms with Crippen molar-refractivity contribution >= 4 is 22.8 Å². The Morgan fingerprint density at radius 3 is 2.24 bits per heavy atom. The Kier molecular flexibility index (Phi) is 5.83. The van der Waals surface area contributed by atoms with Crippen LogP contribution in [0.1, 0.15) is 83.6 Å². The first-order valence-corrected chi connectivity index (χ1v) is 14.7. The van der Waals surface area contributed by atoms with Crippen LogP contribution in [0.3, 0.4) is 0 Å². The topological polar surface area (TPSA) is 78.7 Å². The van der Waals surface area contributed by atoms with Gasteiger partial charge in [0.25, 0.3) is 5.56 Å². The van der Waals surface area contributed by atoms with E-state index in [-0.39, 0.29) is 11.6 Å². The molecule has 4 heterocycles. The van der Waals surface area contributed by atoms with Gasteiger partial charge in [-0.25, -0.2) is 9.78 Å². The van der Waals surface area contributed by atoms with Crippen molar-refractivity contribution in [3.8, 4) is 0 Å². The van der Waals surface area contributed by atoms with Crippen molar-refractivity contribution in [2.24, 2.45) is 17.8 Å². The highest BCUT2D eigenvalue weighted by atomic mass is 16.4. The lowest BCUT2D eigenvalue weighted by atomic mass is 9.65. The van der Waals surface area contributed by atoms with Gasteiger partial charge in [0.15, 0.2) is 5.82 Å². The molecule has 7 rings (SSSR count). The molecule has 4 bridgehead atoms. The van der Waals surface area contributed by atoms with Gasteiger partial charge in [-0.1, -0.05) is 25.5 Å². The van der Waals surface area contributed by atoms with Crippen LogP contribution in [-0.2, 0) is 4.79 Å². The molecular weight excluding hydrogens is 464 g/mol. The highest BCUT2D eigenvalue weighted by Crippen LogP contribution is 2.48. The molecule has 2 aliphatic carbocycles. The van der Waals surface area contributed by atoms with Crippen LogP contribution in [0.5, 0.6) is 0 Å². The molecule has 0 spiro atoms. The van der Waals surface area contributed by atoms with E-state index in [0.717, 1.165) is 41.6 Å². The number of nitrogens with zero attached hydrogens (tertiary/aromatic N) is 4. The molecule has 0 radical (unpaired) electrons. The summed E-state index contributed by atoms with van der Waals surface area (Å²) in [5, 5.41) is 9.64. The predicted octanol–water partition coefficient (Wildman–Crippen LogP) is 4.83. The number of carboxylic acids is 1. The summed E-state index contributed by atoms with van der Waals surface area (Å²) in [6.45, 7) is 3.02. The average molecular weight is 505 g/mol. The Balaban J connectivity index is 1.22. The van der Waals surface area contributed by atoms with Crippen LogP contribution >= 0.6 is 0 Å². The maximum absolute atomic E-state index is 14.0. The van der Waals surface area contributed by atoms with Gasteiger partial charge in [-0.2, -0.15) is 0 Å². The van der Waals surface area contributed by atoms with Gasteiger partial charge in [0, 0.05) is 30.7 Å². The van der Waals surface area contributed by atoms with E-state index in [1.54, 1.807) is 4.90 Å². The first-order valence-electron chi connectivity index (χ1n) is 14.7. The molecule has 3 saturated heterocycles. The maximum Gasteiger partial charge on any atom is 0.326 e. The fraction of sp³-hybridized carbons (Fsp3) is 0.700. The fourth-order valence-corrected chi connectivity index (χ4v) is 9.18. The molecular formula is C30H40N4O3. The Hall–Kier alpha value is -2.41. The number of piperidine rings is 2. The van der Waals surface area contributed by atoms with Gasteiger partial charge >= 0.3 is 5.97 Å². The van der Waals surface area contributed by atoms with Gasteiger partial charge in [0.1, 0.15) is 6.04 Å². The van der Waals surface area contributed by atoms with E-state index < -0.39 is 12.0 Å². The Morgan fingerprint density at radius 1 is 0.892 bits per heavy atom. The molecule has 3 unspecified atom stereocenters. The second kappa shape index (κ2) is 9.11. The summed E-state index contributed by atoms with van der Waals surface area (Å²) in [5.74, 6) is 2.14. The second-order valence-electron chi connectivity index (χ2n) is 12.9. The molecule has 5 aliphatic rings. The molecule has 8 atom stereocenters. The van der Waals surface area contributed by atoms with Crippen LogP contribution < -0.4 is 10.5 Å². The third-order valence-corrected chi connectivity index (χ3v) is 10.5. The van der Waals surface area contributed by atoms with E-state index in [2.05, 4.69) is 11.8 Å². The number of benzene rings is 1. The number of carbonyl (C=O) groups is 1. The lowest BCUT2D eigenvalue weighted by Crippen LogP contribution is -2.59. The number of hydrogen-bond donors (Lipinski definition) is 1. The molecule has 7 heteroatoms. The third-order valence-electron chi connectivity index (χ3n) is 10.5. The van der Waals surface area contributed by atoms with Crippen molar-refractivity contribution in [3.05, 3.63) is 34.6 Å². The molecule has 37 heavy (non-hydrogen) atoms. The van der Waals surface area contributed by atoms with Gasteiger partial charge in [-0.3, -0.25) is 9.69 Å². The molecule has 7 nitrogen and oxygen atoms in total. The number of hydrogen-bond acceptors (Lipinski definition) is 5. The number of para-hydroxylation sites is 2. The van der Waals surface area contributed by atoms with Gasteiger partial charge in [0.2, 0.25) is 0 Å². The van der Waals surface area contributed by atoms with Gasteiger partial charge in [0.05, 0.1) is 11.0 Å². The summed E-state index contributed by atoms with van der Waals surface area (Å²) in [6.07, 6.45) is 13.3. The molecule has 2 aromatic rings. The summed E-state index contributed by atoms with van der Waals surface area (Å²) in [7, 11) is 0. The Morgan fingerprint density at radius 2 is 1.59 bits per heavy atom. The summed E-state index contributed by atoms with van der Waals surface area (Å²) in [4.78, 5) is 35.1. The summed E-state index contributed by atoms with van der Waals surface area (Å²) < 4.78 is 2.01. The van der Waals surface area contributed by atoms with Crippen molar-refractivity contribution in [1.29, 1.82) is 0 Å². The number of rotatable bonds is 4. The quantitative estimate of drug-likeness (QED) is 0.642. The minimum Gasteiger partial charge on any atom is -0.480 e. The maximum atomic E-state index is 14.0. The monoisotopic (exact) mass is 504 g/mol. The lowest BCUT2D eigenvalue weighted by Gasteiger charge is -2.56. The first-order chi connectivity index (χ1) is 18.0. The van der Waals surface area contributed by atoms with E-state index in [9.17, 15) is 14.7 Å². The number of carboxylic acid groups (broad SMARTS) is 1. The molecule has 198 valence electrons. The largest absolute Gasteiger partial charge is 0.480 e. The number of aromatic nitrogens is 2. The summed E-state index contributed by atoms with van der Waals surface area (Å²) in [6, 6.07) is 9.20.